The van der Waals surface area contributed by atoms with E-state index in [1.165, 1.54) is 16.9 Å². The number of anilines is 1. The van der Waals surface area contributed by atoms with Gasteiger partial charge in [-0.1, -0.05) is 24.3 Å². The Kier molecular flexibility index (Phi) is 3.90. The highest BCUT2D eigenvalue weighted by atomic mass is 32.1. The Balaban J connectivity index is 1.59. The fourth-order valence-electron chi connectivity index (χ4n) is 3.12. The lowest BCUT2D eigenvalue weighted by atomic mass is 9.90. The summed E-state index contributed by atoms with van der Waals surface area (Å²) in [5.74, 6) is 0.644. The Bertz CT molecular complexity index is 869. The second kappa shape index (κ2) is 6.20. The zero-order valence-electron chi connectivity index (χ0n) is 13.4. The number of nitrogens with zero attached hydrogens (tertiary/aromatic N) is 3. The van der Waals surface area contributed by atoms with Crippen LogP contribution in [0.25, 0.3) is 5.69 Å². The van der Waals surface area contributed by atoms with Gasteiger partial charge in [-0.3, -0.25) is 4.79 Å². The van der Waals surface area contributed by atoms with Gasteiger partial charge in [-0.15, -0.1) is 16.4 Å². The van der Waals surface area contributed by atoms with Crippen LogP contribution in [-0.2, 0) is 12.8 Å². The number of hydrogen-bond acceptors (Lipinski definition) is 4. The van der Waals surface area contributed by atoms with Crippen LogP contribution < -0.4 is 5.32 Å². The summed E-state index contributed by atoms with van der Waals surface area (Å²) in [6.45, 7) is 2.27. The van der Waals surface area contributed by atoms with E-state index in [0.717, 1.165) is 29.1 Å². The summed E-state index contributed by atoms with van der Waals surface area (Å²) < 4.78 is 1.65. The summed E-state index contributed by atoms with van der Waals surface area (Å²) >= 11 is 1.62. The number of aryl methyl sites for hydroxylation is 1. The molecule has 1 aliphatic rings. The maximum atomic E-state index is 12.7. The predicted molar refractivity (Wildman–Crippen MR) is 94.8 cm³/mol. The van der Waals surface area contributed by atoms with E-state index in [0.29, 0.717) is 5.92 Å². The molecule has 0 fully saturated rings. The Hall–Kier alpha value is -2.47. The van der Waals surface area contributed by atoms with E-state index in [9.17, 15) is 4.79 Å². The molecule has 2 heterocycles. The number of carbonyl (C=O) groups is 1. The monoisotopic (exact) mass is 338 g/mol. The molecule has 122 valence electrons. The lowest BCUT2D eigenvalue weighted by Gasteiger charge is -2.16. The van der Waals surface area contributed by atoms with Crippen molar-refractivity contribution in [2.24, 2.45) is 5.92 Å². The van der Waals surface area contributed by atoms with E-state index in [1.807, 2.05) is 24.3 Å². The highest BCUT2D eigenvalue weighted by molar-refractivity contribution is 7.14. The van der Waals surface area contributed by atoms with Crippen LogP contribution in [0.1, 0.15) is 33.5 Å². The first-order valence-corrected chi connectivity index (χ1v) is 8.91. The molecular formula is C18H18N4OS. The van der Waals surface area contributed by atoms with Gasteiger partial charge in [0, 0.05) is 4.88 Å². The van der Waals surface area contributed by atoms with Crippen LogP contribution >= 0.6 is 11.3 Å². The maximum absolute atomic E-state index is 12.7. The second-order valence-corrected chi connectivity index (χ2v) is 7.36. The third-order valence-corrected chi connectivity index (χ3v) is 5.61. The average molecular weight is 338 g/mol. The molecule has 0 aliphatic heterocycles. The molecule has 2 aromatic heterocycles. The summed E-state index contributed by atoms with van der Waals surface area (Å²) in [6, 6.07) is 9.66. The Morgan fingerprint density at radius 3 is 3.08 bits per heavy atom. The number of nitrogens with one attached hydrogen (secondary N) is 1. The number of carbonyl (C=O) groups excluding carboxylic acids is 1. The first kappa shape index (κ1) is 15.1. The van der Waals surface area contributed by atoms with Gasteiger partial charge in [0.1, 0.15) is 0 Å². The highest BCUT2D eigenvalue weighted by Gasteiger charge is 2.21. The van der Waals surface area contributed by atoms with Gasteiger partial charge in [-0.2, -0.15) is 0 Å². The van der Waals surface area contributed by atoms with Gasteiger partial charge < -0.3 is 5.32 Å². The van der Waals surface area contributed by atoms with Gasteiger partial charge in [-0.05, 0) is 48.9 Å². The molecular weight excluding hydrogens is 320 g/mol. The van der Waals surface area contributed by atoms with Gasteiger partial charge in [0.15, 0.2) is 0 Å². The number of fused-ring (bicyclic) bond motifs is 1. The van der Waals surface area contributed by atoms with Crippen LogP contribution in [0.15, 0.2) is 42.7 Å². The normalized spacial score (nSPS) is 16.6. The van der Waals surface area contributed by atoms with E-state index >= 15 is 0 Å². The first-order valence-electron chi connectivity index (χ1n) is 8.09. The third kappa shape index (κ3) is 2.85. The Morgan fingerprint density at radius 1 is 1.38 bits per heavy atom. The molecule has 1 unspecified atom stereocenters. The van der Waals surface area contributed by atoms with Crippen LogP contribution in [0.2, 0.25) is 0 Å². The summed E-state index contributed by atoms with van der Waals surface area (Å²) in [4.78, 5) is 14.8. The quantitative estimate of drug-likeness (QED) is 0.792. The molecule has 0 radical (unpaired) electrons. The van der Waals surface area contributed by atoms with E-state index in [2.05, 4.69) is 28.6 Å². The van der Waals surface area contributed by atoms with Crippen molar-refractivity contribution in [1.82, 2.24) is 15.0 Å². The van der Waals surface area contributed by atoms with E-state index in [4.69, 9.17) is 0 Å². The number of aromatic nitrogens is 3. The molecule has 0 bridgehead atoms. The molecule has 1 amide bonds. The fourth-order valence-corrected chi connectivity index (χ4v) is 4.22. The van der Waals surface area contributed by atoms with Crippen LogP contribution in [0.4, 0.5) is 5.69 Å². The molecule has 0 saturated carbocycles. The minimum Gasteiger partial charge on any atom is -0.319 e. The number of hydrogen-bond donors (Lipinski definition) is 1. The van der Waals surface area contributed by atoms with Crippen molar-refractivity contribution in [3.05, 3.63) is 58.0 Å². The maximum Gasteiger partial charge on any atom is 0.265 e. The number of para-hydroxylation sites is 2. The molecule has 24 heavy (non-hydrogen) atoms. The van der Waals surface area contributed by atoms with E-state index in [-0.39, 0.29) is 5.91 Å². The summed E-state index contributed by atoms with van der Waals surface area (Å²) in [5.41, 5.74) is 2.87. The van der Waals surface area contributed by atoms with Crippen molar-refractivity contribution in [2.45, 2.75) is 26.2 Å². The minimum atomic E-state index is -0.0605. The molecule has 0 saturated heterocycles. The number of benzene rings is 1. The van der Waals surface area contributed by atoms with Crippen LogP contribution in [-0.4, -0.2) is 20.9 Å². The highest BCUT2D eigenvalue weighted by Crippen LogP contribution is 2.32. The molecule has 4 rings (SSSR count). The van der Waals surface area contributed by atoms with E-state index in [1.54, 1.807) is 28.4 Å². The van der Waals surface area contributed by atoms with E-state index < -0.39 is 0 Å². The zero-order valence-corrected chi connectivity index (χ0v) is 14.2. The standard InChI is InChI=1S/C18H18N4OS/c1-12-6-7-16-13(10-12)11-17(24-16)18(23)20-14-4-2-3-5-15(14)22-9-8-19-21-22/h2-5,8-9,11-12H,6-7,10H2,1H3,(H,20,23). The van der Waals surface area contributed by atoms with Crippen LogP contribution in [0.5, 0.6) is 0 Å². The van der Waals surface area contributed by atoms with Crippen molar-refractivity contribution in [1.29, 1.82) is 0 Å². The van der Waals surface area contributed by atoms with Gasteiger partial charge in [0.05, 0.1) is 28.6 Å². The minimum absolute atomic E-state index is 0.0605. The van der Waals surface area contributed by atoms with Crippen molar-refractivity contribution in [3.63, 3.8) is 0 Å². The third-order valence-electron chi connectivity index (χ3n) is 4.37. The summed E-state index contributed by atoms with van der Waals surface area (Å²) in [6.07, 6.45) is 6.76. The Labute approximate surface area is 144 Å². The smallest absolute Gasteiger partial charge is 0.265 e. The molecule has 1 aliphatic carbocycles. The van der Waals surface area contributed by atoms with Crippen molar-refractivity contribution >= 4 is 22.9 Å². The Morgan fingerprint density at radius 2 is 2.25 bits per heavy atom. The molecule has 0 spiro atoms. The lowest BCUT2D eigenvalue weighted by molar-refractivity contribution is 0.103. The number of rotatable bonds is 3. The molecule has 6 heteroatoms. The number of thiophene rings is 1. The SMILES string of the molecule is CC1CCc2sc(C(=O)Nc3ccccc3-n3ccnn3)cc2C1. The fraction of sp³-hybridized carbons (Fsp3) is 0.278. The molecule has 1 aromatic carbocycles. The van der Waals surface area contributed by atoms with Crippen LogP contribution in [0.3, 0.4) is 0 Å². The van der Waals surface area contributed by atoms with Crippen molar-refractivity contribution in [2.75, 3.05) is 5.32 Å². The topological polar surface area (TPSA) is 59.8 Å². The molecule has 3 aromatic rings. The summed E-state index contributed by atoms with van der Waals surface area (Å²) in [7, 11) is 0. The van der Waals surface area contributed by atoms with Crippen molar-refractivity contribution in [3.8, 4) is 5.69 Å². The number of amides is 1. The van der Waals surface area contributed by atoms with Crippen molar-refractivity contribution < 1.29 is 4.79 Å². The summed E-state index contributed by atoms with van der Waals surface area (Å²) in [5, 5.41) is 10.9. The van der Waals surface area contributed by atoms with Gasteiger partial charge >= 0.3 is 0 Å². The van der Waals surface area contributed by atoms with Gasteiger partial charge in [-0.25, -0.2) is 4.68 Å². The van der Waals surface area contributed by atoms with Crippen LogP contribution in [0, 0.1) is 5.92 Å². The van der Waals surface area contributed by atoms with Gasteiger partial charge in [0.25, 0.3) is 5.91 Å². The average Bonchev–Trinajstić information content (AvgIpc) is 3.24. The molecule has 1 N–H and O–H groups in total. The zero-order chi connectivity index (χ0) is 16.5. The second-order valence-electron chi connectivity index (χ2n) is 6.23. The largest absolute Gasteiger partial charge is 0.319 e. The molecule has 1 atom stereocenters. The molecule has 5 nitrogen and oxygen atoms in total. The van der Waals surface area contributed by atoms with Gasteiger partial charge in [0.2, 0.25) is 0 Å². The lowest BCUT2D eigenvalue weighted by Crippen LogP contribution is -2.12. The first-order chi connectivity index (χ1) is 11.7. The predicted octanol–water partition coefficient (Wildman–Crippen LogP) is 3.71.